The molecule has 0 spiro atoms. The van der Waals surface area contributed by atoms with Gasteiger partial charge in [-0.2, -0.15) is 0 Å². The summed E-state index contributed by atoms with van der Waals surface area (Å²) < 4.78 is 21.5. The standard InChI is InChI=1S/C25H27N3O5/c1-30-21-14-20(15-22(31-2)24(21)32-3)27-25(29)18-6-4-5-17(13-18)19-7-8-23(26-16-19)28-9-11-33-12-10-28/h4-8,13-16H,9-12H2,1-3H3,(H,27,29). The van der Waals surface area contributed by atoms with Crippen LogP contribution in [0.5, 0.6) is 17.2 Å². The molecular weight excluding hydrogens is 422 g/mol. The number of pyridine rings is 1. The van der Waals surface area contributed by atoms with Crippen molar-refractivity contribution in [2.45, 2.75) is 0 Å². The molecule has 1 aliphatic heterocycles. The highest BCUT2D eigenvalue weighted by molar-refractivity contribution is 6.05. The van der Waals surface area contributed by atoms with Crippen molar-refractivity contribution in [1.29, 1.82) is 0 Å². The van der Waals surface area contributed by atoms with Crippen LogP contribution in [-0.2, 0) is 4.74 Å². The van der Waals surface area contributed by atoms with E-state index in [1.807, 2.05) is 36.5 Å². The monoisotopic (exact) mass is 449 g/mol. The molecule has 8 nitrogen and oxygen atoms in total. The van der Waals surface area contributed by atoms with Gasteiger partial charge in [0.15, 0.2) is 11.5 Å². The van der Waals surface area contributed by atoms with E-state index in [9.17, 15) is 4.79 Å². The van der Waals surface area contributed by atoms with Gasteiger partial charge in [-0.1, -0.05) is 12.1 Å². The third-order valence-corrected chi connectivity index (χ3v) is 5.46. The van der Waals surface area contributed by atoms with Gasteiger partial charge in [-0.15, -0.1) is 0 Å². The van der Waals surface area contributed by atoms with Crippen LogP contribution in [0.2, 0.25) is 0 Å². The molecule has 0 saturated carbocycles. The first-order chi connectivity index (χ1) is 16.1. The molecule has 1 saturated heterocycles. The van der Waals surface area contributed by atoms with Gasteiger partial charge in [0, 0.05) is 48.2 Å². The van der Waals surface area contributed by atoms with Gasteiger partial charge in [0.1, 0.15) is 5.82 Å². The average molecular weight is 450 g/mol. The van der Waals surface area contributed by atoms with Gasteiger partial charge in [0.2, 0.25) is 5.75 Å². The normalized spacial score (nSPS) is 13.4. The van der Waals surface area contributed by atoms with Gasteiger partial charge in [0.25, 0.3) is 5.91 Å². The van der Waals surface area contributed by atoms with E-state index in [1.165, 1.54) is 21.3 Å². The fourth-order valence-corrected chi connectivity index (χ4v) is 3.73. The van der Waals surface area contributed by atoms with Crippen LogP contribution in [-0.4, -0.2) is 58.5 Å². The summed E-state index contributed by atoms with van der Waals surface area (Å²) in [6.45, 7) is 3.10. The lowest BCUT2D eigenvalue weighted by atomic mass is 10.0. The van der Waals surface area contributed by atoms with E-state index < -0.39 is 0 Å². The molecule has 172 valence electrons. The molecule has 8 heteroatoms. The highest BCUT2D eigenvalue weighted by Gasteiger charge is 2.16. The molecule has 1 fully saturated rings. The largest absolute Gasteiger partial charge is 0.493 e. The maximum atomic E-state index is 13.0. The van der Waals surface area contributed by atoms with Crippen molar-refractivity contribution in [1.82, 2.24) is 4.98 Å². The van der Waals surface area contributed by atoms with Crippen LogP contribution >= 0.6 is 0 Å². The maximum absolute atomic E-state index is 13.0. The van der Waals surface area contributed by atoms with Crippen molar-refractivity contribution in [3.05, 3.63) is 60.3 Å². The Morgan fingerprint density at radius 3 is 2.27 bits per heavy atom. The molecule has 0 bridgehead atoms. The van der Waals surface area contributed by atoms with E-state index in [4.69, 9.17) is 18.9 Å². The number of nitrogens with zero attached hydrogens (tertiary/aromatic N) is 2. The number of anilines is 2. The van der Waals surface area contributed by atoms with Crippen LogP contribution in [0.3, 0.4) is 0 Å². The topological polar surface area (TPSA) is 82.2 Å². The van der Waals surface area contributed by atoms with Gasteiger partial charge in [0.05, 0.1) is 34.5 Å². The Morgan fingerprint density at radius 2 is 1.67 bits per heavy atom. The van der Waals surface area contributed by atoms with Crippen molar-refractivity contribution in [3.8, 4) is 28.4 Å². The van der Waals surface area contributed by atoms with Crippen LogP contribution in [0.15, 0.2) is 54.7 Å². The van der Waals surface area contributed by atoms with Gasteiger partial charge in [-0.05, 0) is 29.8 Å². The number of morpholine rings is 1. The smallest absolute Gasteiger partial charge is 0.255 e. The Hall–Kier alpha value is -3.78. The predicted octanol–water partition coefficient (Wildman–Crippen LogP) is 3.86. The molecule has 1 N–H and O–H groups in total. The summed E-state index contributed by atoms with van der Waals surface area (Å²) >= 11 is 0. The number of hydrogen-bond donors (Lipinski definition) is 1. The number of rotatable bonds is 7. The Kier molecular flexibility index (Phi) is 6.95. The number of carbonyl (C=O) groups excluding carboxylic acids is 1. The quantitative estimate of drug-likeness (QED) is 0.586. The van der Waals surface area contributed by atoms with Crippen LogP contribution < -0.4 is 24.4 Å². The minimum absolute atomic E-state index is 0.246. The molecule has 33 heavy (non-hydrogen) atoms. The van der Waals surface area contributed by atoms with Crippen molar-refractivity contribution in [2.75, 3.05) is 57.8 Å². The minimum atomic E-state index is -0.246. The number of benzene rings is 2. The lowest BCUT2D eigenvalue weighted by Gasteiger charge is -2.27. The molecule has 2 aromatic carbocycles. The molecular formula is C25H27N3O5. The SMILES string of the molecule is COc1cc(NC(=O)c2cccc(-c3ccc(N4CCOCC4)nc3)c2)cc(OC)c1OC. The first-order valence-electron chi connectivity index (χ1n) is 10.6. The molecule has 1 aliphatic rings. The molecule has 2 heterocycles. The average Bonchev–Trinajstić information content (AvgIpc) is 2.88. The lowest BCUT2D eigenvalue weighted by molar-refractivity contribution is 0.102. The molecule has 0 unspecified atom stereocenters. The van der Waals surface area contributed by atoms with E-state index in [2.05, 4.69) is 15.2 Å². The third-order valence-electron chi connectivity index (χ3n) is 5.46. The zero-order valence-corrected chi connectivity index (χ0v) is 19.0. The second-order valence-electron chi connectivity index (χ2n) is 7.45. The number of hydrogen-bond acceptors (Lipinski definition) is 7. The fourth-order valence-electron chi connectivity index (χ4n) is 3.73. The molecule has 4 rings (SSSR count). The molecule has 1 aromatic heterocycles. The van der Waals surface area contributed by atoms with Crippen LogP contribution in [0, 0.1) is 0 Å². The Morgan fingerprint density at radius 1 is 0.939 bits per heavy atom. The first-order valence-corrected chi connectivity index (χ1v) is 10.6. The van der Waals surface area contributed by atoms with Gasteiger partial charge in [-0.3, -0.25) is 4.79 Å². The maximum Gasteiger partial charge on any atom is 0.255 e. The molecule has 0 aliphatic carbocycles. The summed E-state index contributed by atoms with van der Waals surface area (Å²) in [4.78, 5) is 19.8. The first kappa shape index (κ1) is 22.4. The summed E-state index contributed by atoms with van der Waals surface area (Å²) in [5.41, 5.74) is 2.91. The van der Waals surface area contributed by atoms with Crippen LogP contribution in [0.25, 0.3) is 11.1 Å². The summed E-state index contributed by atoms with van der Waals surface area (Å²) in [7, 11) is 4.60. The second-order valence-corrected chi connectivity index (χ2v) is 7.45. The predicted molar refractivity (Wildman–Crippen MR) is 127 cm³/mol. The highest BCUT2D eigenvalue weighted by atomic mass is 16.5. The van der Waals surface area contributed by atoms with E-state index in [0.29, 0.717) is 41.7 Å². The van der Waals surface area contributed by atoms with E-state index in [-0.39, 0.29) is 5.91 Å². The Bertz CT molecular complexity index is 1090. The highest BCUT2D eigenvalue weighted by Crippen LogP contribution is 2.40. The second kappa shape index (κ2) is 10.2. The zero-order valence-electron chi connectivity index (χ0n) is 19.0. The van der Waals surface area contributed by atoms with Gasteiger partial charge in [-0.25, -0.2) is 4.98 Å². The molecule has 3 aromatic rings. The van der Waals surface area contributed by atoms with E-state index in [0.717, 1.165) is 30.0 Å². The molecule has 0 atom stereocenters. The lowest BCUT2D eigenvalue weighted by Crippen LogP contribution is -2.36. The number of methoxy groups -OCH3 is 3. The number of nitrogens with one attached hydrogen (secondary N) is 1. The zero-order chi connectivity index (χ0) is 23.2. The molecule has 0 radical (unpaired) electrons. The Labute approximate surface area is 193 Å². The third kappa shape index (κ3) is 5.01. The molecule has 1 amide bonds. The van der Waals surface area contributed by atoms with Crippen LogP contribution in [0.4, 0.5) is 11.5 Å². The van der Waals surface area contributed by atoms with Crippen molar-refractivity contribution in [3.63, 3.8) is 0 Å². The van der Waals surface area contributed by atoms with Gasteiger partial charge >= 0.3 is 0 Å². The fraction of sp³-hybridized carbons (Fsp3) is 0.280. The number of ether oxygens (including phenoxy) is 4. The summed E-state index contributed by atoms with van der Waals surface area (Å²) in [6, 6.07) is 14.8. The van der Waals surface area contributed by atoms with E-state index >= 15 is 0 Å². The van der Waals surface area contributed by atoms with Crippen molar-refractivity contribution in [2.24, 2.45) is 0 Å². The number of amides is 1. The summed E-state index contributed by atoms with van der Waals surface area (Å²) in [6.07, 6.45) is 1.83. The number of carbonyl (C=O) groups is 1. The summed E-state index contributed by atoms with van der Waals surface area (Å²) in [5, 5.41) is 2.90. The van der Waals surface area contributed by atoms with Crippen LogP contribution in [0.1, 0.15) is 10.4 Å². The Balaban J connectivity index is 1.52. The number of aromatic nitrogens is 1. The van der Waals surface area contributed by atoms with E-state index in [1.54, 1.807) is 18.2 Å². The van der Waals surface area contributed by atoms with Gasteiger partial charge < -0.3 is 29.2 Å². The summed E-state index contributed by atoms with van der Waals surface area (Å²) in [5.74, 6) is 2.08. The van der Waals surface area contributed by atoms with Crippen molar-refractivity contribution < 1.29 is 23.7 Å². The van der Waals surface area contributed by atoms with Crippen molar-refractivity contribution >= 4 is 17.4 Å². The minimum Gasteiger partial charge on any atom is -0.493 e.